The lowest BCUT2D eigenvalue weighted by atomic mass is 9.80. The van der Waals surface area contributed by atoms with E-state index in [9.17, 15) is 19.5 Å². The van der Waals surface area contributed by atoms with E-state index in [2.05, 4.69) is 0 Å². The summed E-state index contributed by atoms with van der Waals surface area (Å²) < 4.78 is 1.93. The predicted molar refractivity (Wildman–Crippen MR) is 127 cm³/mol. The molecule has 8 heteroatoms. The molecule has 2 aliphatic rings. The Kier molecular flexibility index (Phi) is 7.83. The summed E-state index contributed by atoms with van der Waals surface area (Å²) in [6.45, 7) is 1.17. The Balaban J connectivity index is 1.70. The summed E-state index contributed by atoms with van der Waals surface area (Å²) in [5.41, 5.74) is 3.23. The highest BCUT2D eigenvalue weighted by Gasteiger charge is 2.30. The molecule has 0 radical (unpaired) electrons. The summed E-state index contributed by atoms with van der Waals surface area (Å²) in [6, 6.07) is 7.10. The molecular weight excluding hydrogens is 436 g/mol. The quantitative estimate of drug-likeness (QED) is 0.401. The first-order valence-corrected chi connectivity index (χ1v) is 11.1. The molecule has 3 rings (SSSR count). The lowest BCUT2D eigenvalue weighted by Gasteiger charge is -2.32. The van der Waals surface area contributed by atoms with Gasteiger partial charge in [0.1, 0.15) is 13.6 Å². The van der Waals surface area contributed by atoms with E-state index in [0.29, 0.717) is 37.1 Å². The molecule has 0 fully saturated rings. The first-order chi connectivity index (χ1) is 16.2. The summed E-state index contributed by atoms with van der Waals surface area (Å²) in [7, 11) is 3.73. The van der Waals surface area contributed by atoms with Crippen molar-refractivity contribution in [2.45, 2.75) is 25.7 Å². The van der Waals surface area contributed by atoms with Crippen LogP contribution in [0.15, 0.2) is 65.5 Å². The van der Waals surface area contributed by atoms with E-state index >= 15 is 0 Å². The zero-order valence-electron chi connectivity index (χ0n) is 19.3. The molecule has 0 saturated heterocycles. The molecule has 0 aliphatic heterocycles. The first-order valence-electron chi connectivity index (χ1n) is 11.1. The van der Waals surface area contributed by atoms with Crippen molar-refractivity contribution in [2.24, 2.45) is 0 Å². The topological polar surface area (TPSA) is 121 Å². The smallest absolute Gasteiger partial charge is 0.303 e. The minimum absolute atomic E-state index is 0.101. The number of ketones is 1. The number of hydrogen-bond donors (Lipinski definition) is 2. The third-order valence-electron chi connectivity index (χ3n) is 5.87. The standard InChI is InChI=1S/C26H28N2O6/c1-27(15-3-5-21(29)30)19-11-7-17(8-12-19)23-25(33)24(26(23)34)18-9-13-20(14-10-18)28(2)16-4-6-22(31)32/h7-14H,3-6,15-16H2,1-2H3,(H2-,29,30,31,32,33,34). The van der Waals surface area contributed by atoms with Crippen LogP contribution in [0.2, 0.25) is 0 Å². The van der Waals surface area contributed by atoms with Crippen LogP contribution in [-0.4, -0.2) is 65.4 Å². The maximum atomic E-state index is 12.8. The van der Waals surface area contributed by atoms with E-state index in [1.165, 1.54) is 0 Å². The second-order valence-corrected chi connectivity index (χ2v) is 8.34. The number of benzene rings is 1. The van der Waals surface area contributed by atoms with Crippen molar-refractivity contribution in [1.82, 2.24) is 0 Å². The van der Waals surface area contributed by atoms with Gasteiger partial charge >= 0.3 is 11.9 Å². The zero-order chi connectivity index (χ0) is 24.8. The van der Waals surface area contributed by atoms with Crippen LogP contribution in [0.3, 0.4) is 0 Å². The molecule has 34 heavy (non-hydrogen) atoms. The van der Waals surface area contributed by atoms with Gasteiger partial charge in [-0.2, -0.15) is 0 Å². The second kappa shape index (κ2) is 10.8. The van der Waals surface area contributed by atoms with E-state index in [0.717, 1.165) is 11.4 Å². The van der Waals surface area contributed by atoms with Crippen LogP contribution in [0.4, 0.5) is 5.69 Å². The second-order valence-electron chi connectivity index (χ2n) is 8.34. The highest BCUT2D eigenvalue weighted by Crippen LogP contribution is 2.37. The molecule has 0 spiro atoms. The van der Waals surface area contributed by atoms with Gasteiger partial charge in [-0.25, -0.2) is 4.58 Å². The molecule has 0 bridgehead atoms. The van der Waals surface area contributed by atoms with Crippen molar-refractivity contribution < 1.29 is 34.3 Å². The number of rotatable bonds is 10. The molecule has 0 unspecified atom stereocenters. The summed E-state index contributed by atoms with van der Waals surface area (Å²) in [4.78, 5) is 36.1. The molecule has 0 saturated carbocycles. The number of hydrogen-bond acceptors (Lipinski definition) is 5. The van der Waals surface area contributed by atoms with Gasteiger partial charge in [0.2, 0.25) is 0 Å². The average molecular weight is 465 g/mol. The van der Waals surface area contributed by atoms with Gasteiger partial charge in [0.25, 0.3) is 0 Å². The van der Waals surface area contributed by atoms with Crippen LogP contribution in [0, 0.1) is 0 Å². The van der Waals surface area contributed by atoms with Crippen LogP contribution < -0.4 is 10.0 Å². The Labute approximate surface area is 198 Å². The molecule has 2 N–H and O–H groups in total. The third kappa shape index (κ3) is 5.70. The zero-order valence-corrected chi connectivity index (χ0v) is 19.3. The summed E-state index contributed by atoms with van der Waals surface area (Å²) in [6.07, 6.45) is 8.36. The number of nitrogens with zero attached hydrogens (tertiary/aromatic N) is 2. The van der Waals surface area contributed by atoms with Gasteiger partial charge in [-0.1, -0.05) is 17.9 Å². The summed E-state index contributed by atoms with van der Waals surface area (Å²) in [5.74, 6) is -2.22. The van der Waals surface area contributed by atoms with E-state index in [-0.39, 0.29) is 35.5 Å². The number of anilines is 1. The van der Waals surface area contributed by atoms with Crippen LogP contribution in [0.25, 0.3) is 5.57 Å². The fourth-order valence-electron chi connectivity index (χ4n) is 3.88. The molecule has 0 heterocycles. The summed E-state index contributed by atoms with van der Waals surface area (Å²) in [5, 5.41) is 30.3. The molecule has 2 aliphatic carbocycles. The number of allylic oxidation sites excluding steroid dienone is 7. The van der Waals surface area contributed by atoms with Crippen LogP contribution in [0.1, 0.15) is 31.2 Å². The number of carboxylic acid groups (broad SMARTS) is 2. The van der Waals surface area contributed by atoms with Crippen molar-refractivity contribution in [3.05, 3.63) is 71.0 Å². The maximum Gasteiger partial charge on any atom is 0.303 e. The number of carboxylic acids is 2. The van der Waals surface area contributed by atoms with Crippen molar-refractivity contribution in [3.8, 4) is 0 Å². The largest absolute Gasteiger partial charge is 0.871 e. The highest BCUT2D eigenvalue weighted by molar-refractivity contribution is 6.39. The fraction of sp³-hybridized carbons (Fsp3) is 0.308. The molecule has 178 valence electrons. The number of aliphatic carboxylic acids is 2. The van der Waals surface area contributed by atoms with E-state index in [4.69, 9.17) is 10.2 Å². The Morgan fingerprint density at radius 3 is 2.09 bits per heavy atom. The van der Waals surface area contributed by atoms with Crippen molar-refractivity contribution in [3.63, 3.8) is 0 Å². The minimum atomic E-state index is -0.827. The molecule has 0 atom stereocenters. The average Bonchev–Trinajstić information content (AvgIpc) is 2.79. The Morgan fingerprint density at radius 2 is 1.53 bits per heavy atom. The van der Waals surface area contributed by atoms with Gasteiger partial charge in [-0.15, -0.1) is 0 Å². The van der Waals surface area contributed by atoms with Crippen LogP contribution in [-0.2, 0) is 14.4 Å². The number of carbonyl (C=O) groups excluding carboxylic acids is 1. The number of Topliss-reactive ketones (excluding diaryl/α,β-unsaturated/α-hetero) is 1. The normalized spacial score (nSPS) is 15.0. The van der Waals surface area contributed by atoms with Gasteiger partial charge < -0.3 is 20.2 Å². The molecule has 0 amide bonds. The van der Waals surface area contributed by atoms with E-state index < -0.39 is 11.9 Å². The Bertz CT molecular complexity index is 1130. The molecule has 0 aromatic heterocycles. The molecule has 1 aromatic carbocycles. The van der Waals surface area contributed by atoms with Gasteiger partial charge in [0.15, 0.2) is 11.5 Å². The van der Waals surface area contributed by atoms with Gasteiger partial charge in [0.05, 0.1) is 6.42 Å². The lowest BCUT2D eigenvalue weighted by Crippen LogP contribution is -2.30. The van der Waals surface area contributed by atoms with Gasteiger partial charge in [0, 0.05) is 55.4 Å². The molecule has 1 aromatic rings. The molecule has 8 nitrogen and oxygen atoms in total. The highest BCUT2D eigenvalue weighted by atomic mass is 16.4. The SMILES string of the molecule is CN(CCCC(=O)O)c1ccc(C2=C([O-])C(=C3C=CC(=[N+](C)CCCC(=O)O)C=C3)C2=O)cc1. The monoisotopic (exact) mass is 464 g/mol. The maximum absolute atomic E-state index is 12.8. The van der Waals surface area contributed by atoms with Gasteiger partial charge in [-0.3, -0.25) is 14.4 Å². The first kappa shape index (κ1) is 24.7. The van der Waals surface area contributed by atoms with Gasteiger partial charge in [-0.05, 0) is 41.8 Å². The van der Waals surface area contributed by atoms with E-state index in [1.54, 1.807) is 24.3 Å². The lowest BCUT2D eigenvalue weighted by molar-refractivity contribution is -0.496. The van der Waals surface area contributed by atoms with Crippen molar-refractivity contribution >= 4 is 34.7 Å². The Morgan fingerprint density at radius 1 is 0.941 bits per heavy atom. The van der Waals surface area contributed by atoms with E-state index in [1.807, 2.05) is 47.9 Å². The predicted octanol–water partition coefficient (Wildman–Crippen LogP) is 2.01. The molecular formula is C26H28N2O6. The fourth-order valence-corrected chi connectivity index (χ4v) is 3.88. The van der Waals surface area contributed by atoms with Crippen molar-refractivity contribution in [1.29, 1.82) is 0 Å². The van der Waals surface area contributed by atoms with Crippen molar-refractivity contribution in [2.75, 3.05) is 32.1 Å². The van der Waals surface area contributed by atoms with Crippen LogP contribution in [0.5, 0.6) is 0 Å². The number of carbonyl (C=O) groups is 3. The Hall–Kier alpha value is -3.94. The third-order valence-corrected chi connectivity index (χ3v) is 5.87. The summed E-state index contributed by atoms with van der Waals surface area (Å²) >= 11 is 0. The van der Waals surface area contributed by atoms with Crippen LogP contribution >= 0.6 is 0 Å². The minimum Gasteiger partial charge on any atom is -0.871 e.